The van der Waals surface area contributed by atoms with E-state index in [1.165, 1.54) is 24.3 Å². The highest BCUT2D eigenvalue weighted by molar-refractivity contribution is 9.10. The molecule has 0 fully saturated rings. The van der Waals surface area contributed by atoms with Crippen LogP contribution in [0.15, 0.2) is 40.9 Å². The molecule has 0 aromatic heterocycles. The Bertz CT molecular complexity index is 700. The van der Waals surface area contributed by atoms with Crippen LogP contribution in [0, 0.1) is 10.1 Å². The number of nitrogens with zero attached hydrogens (tertiary/aromatic N) is 1. The van der Waals surface area contributed by atoms with Gasteiger partial charge in [0.25, 0.3) is 5.69 Å². The molecule has 0 radical (unpaired) electrons. The van der Waals surface area contributed by atoms with Crippen LogP contribution in [0.1, 0.15) is 17.3 Å². The molecule has 114 valence electrons. The fourth-order valence-electron chi connectivity index (χ4n) is 1.76. The molecule has 6 nitrogen and oxygen atoms in total. The summed E-state index contributed by atoms with van der Waals surface area (Å²) in [6.45, 7) is 2.26. The fourth-order valence-corrected chi connectivity index (χ4v) is 2.26. The van der Waals surface area contributed by atoms with Crippen LogP contribution in [-0.4, -0.2) is 17.8 Å². The quantitative estimate of drug-likeness (QED) is 0.431. The molecular formula is C15H12BrNO5. The lowest BCUT2D eigenvalue weighted by Crippen LogP contribution is -1.98. The van der Waals surface area contributed by atoms with Crippen molar-refractivity contribution in [3.8, 4) is 17.2 Å². The van der Waals surface area contributed by atoms with E-state index in [2.05, 4.69) is 15.9 Å². The average Bonchev–Trinajstić information content (AvgIpc) is 2.51. The molecule has 0 saturated carbocycles. The molecule has 2 rings (SSSR count). The summed E-state index contributed by atoms with van der Waals surface area (Å²) in [5.41, 5.74) is 0.387. The van der Waals surface area contributed by atoms with Gasteiger partial charge in [0.05, 0.1) is 16.0 Å². The smallest absolute Gasteiger partial charge is 0.269 e. The van der Waals surface area contributed by atoms with Crippen molar-refractivity contribution < 1.29 is 19.2 Å². The van der Waals surface area contributed by atoms with Crippen LogP contribution in [0.2, 0.25) is 0 Å². The minimum Gasteiger partial charge on any atom is -0.490 e. The van der Waals surface area contributed by atoms with Crippen LogP contribution in [-0.2, 0) is 0 Å². The Hall–Kier alpha value is -2.41. The van der Waals surface area contributed by atoms with Crippen LogP contribution in [0.3, 0.4) is 0 Å². The van der Waals surface area contributed by atoms with Gasteiger partial charge in [0.2, 0.25) is 0 Å². The average molecular weight is 366 g/mol. The number of hydrogen-bond acceptors (Lipinski definition) is 5. The zero-order valence-corrected chi connectivity index (χ0v) is 13.2. The number of carbonyl (C=O) groups excluding carboxylic acids is 1. The summed E-state index contributed by atoms with van der Waals surface area (Å²) in [5, 5.41) is 10.6. The lowest BCUT2D eigenvalue weighted by Gasteiger charge is -2.14. The van der Waals surface area contributed by atoms with E-state index >= 15 is 0 Å². The number of non-ortho nitro benzene ring substituents is 1. The van der Waals surface area contributed by atoms with Gasteiger partial charge in [-0.05, 0) is 47.1 Å². The Kier molecular flexibility index (Phi) is 5.11. The standard InChI is InChI=1S/C15H12BrNO5/c1-2-21-13-8-3-10(9-18)14(16)15(13)22-12-6-4-11(5-7-12)17(19)20/h3-9H,2H2,1H3. The third-order valence-electron chi connectivity index (χ3n) is 2.79. The number of nitro groups is 1. The number of nitro benzene ring substituents is 1. The van der Waals surface area contributed by atoms with Gasteiger partial charge in [0, 0.05) is 17.7 Å². The summed E-state index contributed by atoms with van der Waals surface area (Å²) < 4.78 is 11.7. The Labute approximate surface area is 134 Å². The van der Waals surface area contributed by atoms with Crippen LogP contribution in [0.5, 0.6) is 17.2 Å². The van der Waals surface area contributed by atoms with Crippen molar-refractivity contribution in [1.82, 2.24) is 0 Å². The minimum atomic E-state index is -0.488. The van der Waals surface area contributed by atoms with Crippen molar-refractivity contribution in [3.05, 3.63) is 56.5 Å². The predicted molar refractivity (Wildman–Crippen MR) is 83.9 cm³/mol. The molecule has 2 aromatic rings. The van der Waals surface area contributed by atoms with Gasteiger partial charge in [0.15, 0.2) is 17.8 Å². The summed E-state index contributed by atoms with van der Waals surface area (Å²) in [6, 6.07) is 8.89. The number of benzene rings is 2. The first kappa shape index (κ1) is 16.0. The van der Waals surface area contributed by atoms with Crippen molar-refractivity contribution >= 4 is 27.9 Å². The molecule has 0 saturated heterocycles. The minimum absolute atomic E-state index is 0.0295. The summed E-state index contributed by atoms with van der Waals surface area (Å²) in [5.74, 6) is 1.22. The van der Waals surface area contributed by atoms with E-state index in [-0.39, 0.29) is 5.69 Å². The van der Waals surface area contributed by atoms with Gasteiger partial charge < -0.3 is 9.47 Å². The van der Waals surface area contributed by atoms with Crippen molar-refractivity contribution in [2.24, 2.45) is 0 Å². The molecule has 0 bridgehead atoms. The highest BCUT2D eigenvalue weighted by Crippen LogP contribution is 2.40. The Balaban J connectivity index is 2.38. The van der Waals surface area contributed by atoms with Crippen LogP contribution >= 0.6 is 15.9 Å². The lowest BCUT2D eigenvalue weighted by atomic mass is 10.2. The second-order valence-corrected chi connectivity index (χ2v) is 4.99. The molecule has 7 heteroatoms. The molecular weight excluding hydrogens is 354 g/mol. The summed E-state index contributed by atoms with van der Waals surface area (Å²) in [6.07, 6.45) is 0.697. The summed E-state index contributed by atoms with van der Waals surface area (Å²) >= 11 is 3.31. The van der Waals surface area contributed by atoms with Gasteiger partial charge >= 0.3 is 0 Å². The third kappa shape index (κ3) is 3.43. The topological polar surface area (TPSA) is 78.7 Å². The highest BCUT2D eigenvalue weighted by Gasteiger charge is 2.15. The molecule has 0 amide bonds. The van der Waals surface area contributed by atoms with E-state index in [0.717, 1.165) is 0 Å². The third-order valence-corrected chi connectivity index (χ3v) is 3.60. The second-order valence-electron chi connectivity index (χ2n) is 4.20. The van der Waals surface area contributed by atoms with E-state index in [0.29, 0.717) is 40.2 Å². The Morgan fingerprint density at radius 3 is 2.45 bits per heavy atom. The molecule has 0 heterocycles. The number of carbonyl (C=O) groups is 1. The van der Waals surface area contributed by atoms with Gasteiger partial charge in [-0.1, -0.05) is 0 Å². The number of ether oxygens (including phenoxy) is 2. The fraction of sp³-hybridized carbons (Fsp3) is 0.133. The molecule has 0 spiro atoms. The van der Waals surface area contributed by atoms with Crippen LogP contribution < -0.4 is 9.47 Å². The first-order chi connectivity index (χ1) is 10.6. The molecule has 2 aromatic carbocycles. The number of rotatable bonds is 6. The monoisotopic (exact) mass is 365 g/mol. The van der Waals surface area contributed by atoms with Crippen molar-refractivity contribution in [2.45, 2.75) is 6.92 Å². The summed E-state index contributed by atoms with van der Waals surface area (Å²) in [7, 11) is 0. The number of halogens is 1. The van der Waals surface area contributed by atoms with Crippen molar-refractivity contribution in [3.63, 3.8) is 0 Å². The van der Waals surface area contributed by atoms with Gasteiger partial charge in [-0.2, -0.15) is 0 Å². The van der Waals surface area contributed by atoms with E-state index in [1.54, 1.807) is 12.1 Å². The number of hydrogen-bond donors (Lipinski definition) is 0. The Morgan fingerprint density at radius 1 is 1.23 bits per heavy atom. The zero-order chi connectivity index (χ0) is 16.1. The van der Waals surface area contributed by atoms with E-state index < -0.39 is 4.92 Å². The SMILES string of the molecule is CCOc1ccc(C=O)c(Br)c1Oc1ccc([N+](=O)[O-])cc1. The van der Waals surface area contributed by atoms with Gasteiger partial charge in [0.1, 0.15) is 5.75 Å². The van der Waals surface area contributed by atoms with Gasteiger partial charge in [-0.25, -0.2) is 0 Å². The van der Waals surface area contributed by atoms with E-state index in [9.17, 15) is 14.9 Å². The van der Waals surface area contributed by atoms with E-state index in [1.807, 2.05) is 6.92 Å². The van der Waals surface area contributed by atoms with Gasteiger partial charge in [-0.3, -0.25) is 14.9 Å². The molecule has 0 aliphatic rings. The Morgan fingerprint density at radius 2 is 1.91 bits per heavy atom. The molecule has 0 N–H and O–H groups in total. The van der Waals surface area contributed by atoms with Gasteiger partial charge in [-0.15, -0.1) is 0 Å². The molecule has 0 aliphatic heterocycles. The molecule has 22 heavy (non-hydrogen) atoms. The van der Waals surface area contributed by atoms with Crippen LogP contribution in [0.25, 0.3) is 0 Å². The number of aldehydes is 1. The largest absolute Gasteiger partial charge is 0.490 e. The maximum absolute atomic E-state index is 11.0. The van der Waals surface area contributed by atoms with Crippen molar-refractivity contribution in [1.29, 1.82) is 0 Å². The maximum Gasteiger partial charge on any atom is 0.269 e. The van der Waals surface area contributed by atoms with Crippen LogP contribution in [0.4, 0.5) is 5.69 Å². The molecule has 0 unspecified atom stereocenters. The second kappa shape index (κ2) is 7.04. The normalized spacial score (nSPS) is 10.1. The predicted octanol–water partition coefficient (Wildman–Crippen LogP) is 4.36. The lowest BCUT2D eigenvalue weighted by molar-refractivity contribution is -0.384. The maximum atomic E-state index is 11.0. The van der Waals surface area contributed by atoms with Crippen molar-refractivity contribution in [2.75, 3.05) is 6.61 Å². The molecule has 0 aliphatic carbocycles. The summed E-state index contributed by atoms with van der Waals surface area (Å²) in [4.78, 5) is 21.2. The highest BCUT2D eigenvalue weighted by atomic mass is 79.9. The van der Waals surface area contributed by atoms with E-state index in [4.69, 9.17) is 9.47 Å². The zero-order valence-electron chi connectivity index (χ0n) is 11.6. The first-order valence-electron chi connectivity index (χ1n) is 6.39. The molecule has 0 atom stereocenters. The first-order valence-corrected chi connectivity index (χ1v) is 7.19.